The van der Waals surface area contributed by atoms with Gasteiger partial charge in [-0.3, -0.25) is 4.99 Å². The normalized spacial score (nSPS) is 33.5. The lowest BCUT2D eigenvalue weighted by Gasteiger charge is -2.46. The van der Waals surface area contributed by atoms with Gasteiger partial charge in [0.25, 0.3) is 0 Å². The summed E-state index contributed by atoms with van der Waals surface area (Å²) in [5.41, 5.74) is 5.35. The van der Waals surface area contributed by atoms with E-state index < -0.39 is 0 Å². The van der Waals surface area contributed by atoms with E-state index in [1.165, 1.54) is 0 Å². The maximum atomic E-state index is 9.35. The zero-order chi connectivity index (χ0) is 8.65. The summed E-state index contributed by atoms with van der Waals surface area (Å²) < 4.78 is 0. The molecule has 12 heavy (non-hydrogen) atoms. The van der Waals surface area contributed by atoms with Gasteiger partial charge in [-0.2, -0.15) is 0 Å². The second kappa shape index (κ2) is 3.91. The summed E-state index contributed by atoms with van der Waals surface area (Å²) in [6, 6.07) is 0.211. The van der Waals surface area contributed by atoms with Crippen LogP contribution in [0.5, 0.6) is 0 Å². The van der Waals surface area contributed by atoms with Crippen LogP contribution in [-0.4, -0.2) is 23.1 Å². The number of aliphatic imine (C=N–C) groups is 1. The Morgan fingerprint density at radius 1 is 1.58 bits per heavy atom. The minimum absolute atomic E-state index is 0. The topological polar surface area (TPSA) is 58.6 Å². The summed E-state index contributed by atoms with van der Waals surface area (Å²) >= 11 is 0. The molecule has 3 nitrogen and oxygen atoms in total. The summed E-state index contributed by atoms with van der Waals surface area (Å²) in [6.45, 7) is 5.80. The maximum Gasteiger partial charge on any atom is 0.0909 e. The van der Waals surface area contributed by atoms with Gasteiger partial charge >= 0.3 is 0 Å². The number of rotatable bonds is 1. The summed E-state index contributed by atoms with van der Waals surface area (Å²) in [6.07, 6.45) is 0.539. The maximum absolute atomic E-state index is 9.35. The molecule has 1 rings (SSSR count). The lowest BCUT2D eigenvalue weighted by molar-refractivity contribution is -0.0576. The van der Waals surface area contributed by atoms with Crippen LogP contribution in [0.2, 0.25) is 0 Å². The van der Waals surface area contributed by atoms with Crippen molar-refractivity contribution in [3.63, 3.8) is 0 Å². The largest absolute Gasteiger partial charge is 0.392 e. The number of hydrogen-bond acceptors (Lipinski definition) is 2. The van der Waals surface area contributed by atoms with Gasteiger partial charge in [-0.25, -0.2) is 0 Å². The van der Waals surface area contributed by atoms with Crippen molar-refractivity contribution in [2.75, 3.05) is 0 Å². The minimum Gasteiger partial charge on any atom is -0.392 e. The first-order valence-corrected chi connectivity index (χ1v) is 3.92. The van der Waals surface area contributed by atoms with E-state index in [1.807, 2.05) is 13.8 Å². The third kappa shape index (κ3) is 2.10. The standard InChI is InChI=1S/C8H16N2O.HI/c1-5(9)10-6-4-7(11)8(6,2)3;/h6-7,11H,4H2,1-3H3,(H2,9,10);1H. The summed E-state index contributed by atoms with van der Waals surface area (Å²) in [7, 11) is 0. The molecule has 1 aliphatic rings. The Morgan fingerprint density at radius 3 is 2.33 bits per heavy atom. The van der Waals surface area contributed by atoms with Gasteiger partial charge in [0, 0.05) is 5.41 Å². The molecule has 3 N–H and O–H groups in total. The number of hydrogen-bond donors (Lipinski definition) is 2. The van der Waals surface area contributed by atoms with Crippen molar-refractivity contribution in [1.29, 1.82) is 0 Å². The zero-order valence-electron chi connectivity index (χ0n) is 7.74. The molecule has 4 heteroatoms. The van der Waals surface area contributed by atoms with Crippen molar-refractivity contribution >= 4 is 29.8 Å². The molecule has 72 valence electrons. The molecule has 0 radical (unpaired) electrons. The molecule has 1 aliphatic carbocycles. The predicted octanol–water partition coefficient (Wildman–Crippen LogP) is 1.14. The smallest absolute Gasteiger partial charge is 0.0909 e. The first kappa shape index (κ1) is 12.2. The van der Waals surface area contributed by atoms with E-state index >= 15 is 0 Å². The number of nitrogens with two attached hydrogens (primary N) is 1. The molecule has 0 heterocycles. The van der Waals surface area contributed by atoms with Gasteiger partial charge in [-0.15, -0.1) is 24.0 Å². The Bertz CT molecular complexity index is 187. The molecule has 0 aromatic rings. The molecule has 0 saturated heterocycles. The molecule has 0 aromatic carbocycles. The van der Waals surface area contributed by atoms with E-state index in [-0.39, 0.29) is 41.5 Å². The molecule has 2 atom stereocenters. The Kier molecular flexibility index (Phi) is 3.96. The van der Waals surface area contributed by atoms with E-state index in [1.54, 1.807) is 6.92 Å². The van der Waals surface area contributed by atoms with Crippen LogP contribution in [-0.2, 0) is 0 Å². The van der Waals surface area contributed by atoms with Crippen molar-refractivity contribution < 1.29 is 5.11 Å². The van der Waals surface area contributed by atoms with Crippen LogP contribution in [0.15, 0.2) is 4.99 Å². The average Bonchev–Trinajstić information content (AvgIpc) is 1.87. The number of amidine groups is 1. The molecule has 0 bridgehead atoms. The molecule has 0 aliphatic heterocycles. The van der Waals surface area contributed by atoms with Gasteiger partial charge in [0.2, 0.25) is 0 Å². The third-order valence-electron chi connectivity index (χ3n) is 2.52. The van der Waals surface area contributed by atoms with Crippen LogP contribution in [0.1, 0.15) is 27.2 Å². The quantitative estimate of drug-likeness (QED) is 0.431. The van der Waals surface area contributed by atoms with Crippen LogP contribution in [0, 0.1) is 5.41 Å². The second-order valence-corrected chi connectivity index (χ2v) is 3.86. The van der Waals surface area contributed by atoms with Gasteiger partial charge < -0.3 is 10.8 Å². The highest BCUT2D eigenvalue weighted by molar-refractivity contribution is 14.0. The molecule has 1 saturated carbocycles. The van der Waals surface area contributed by atoms with Crippen LogP contribution >= 0.6 is 24.0 Å². The van der Waals surface area contributed by atoms with E-state index in [2.05, 4.69) is 4.99 Å². The highest BCUT2D eigenvalue weighted by Crippen LogP contribution is 2.42. The van der Waals surface area contributed by atoms with Crippen molar-refractivity contribution in [2.24, 2.45) is 16.1 Å². The van der Waals surface area contributed by atoms with E-state index in [4.69, 9.17) is 5.73 Å². The lowest BCUT2D eigenvalue weighted by atomic mass is 9.65. The first-order chi connectivity index (χ1) is 4.94. The number of halogens is 1. The summed E-state index contributed by atoms with van der Waals surface area (Å²) in [5, 5.41) is 9.35. The van der Waals surface area contributed by atoms with Crippen molar-refractivity contribution in [3.8, 4) is 0 Å². The number of aliphatic hydroxyl groups is 1. The second-order valence-electron chi connectivity index (χ2n) is 3.86. The van der Waals surface area contributed by atoms with Gasteiger partial charge in [0.1, 0.15) is 0 Å². The molecular formula is C8H17IN2O. The highest BCUT2D eigenvalue weighted by atomic mass is 127. The van der Waals surface area contributed by atoms with Crippen LogP contribution in [0.25, 0.3) is 0 Å². The number of aliphatic hydroxyl groups excluding tert-OH is 1. The Hall–Kier alpha value is 0.160. The Balaban J connectivity index is 0.00000121. The highest BCUT2D eigenvalue weighted by Gasteiger charge is 2.47. The first-order valence-electron chi connectivity index (χ1n) is 3.92. The molecule has 1 fully saturated rings. The van der Waals surface area contributed by atoms with Gasteiger partial charge in [-0.1, -0.05) is 13.8 Å². The lowest BCUT2D eigenvalue weighted by Crippen LogP contribution is -2.52. The van der Waals surface area contributed by atoms with Gasteiger partial charge in [0.05, 0.1) is 18.0 Å². The van der Waals surface area contributed by atoms with E-state index in [0.29, 0.717) is 5.84 Å². The third-order valence-corrected chi connectivity index (χ3v) is 2.52. The minimum atomic E-state index is -0.212. The van der Waals surface area contributed by atoms with E-state index in [9.17, 15) is 5.11 Å². The zero-order valence-corrected chi connectivity index (χ0v) is 10.1. The SMILES string of the molecule is CC(N)=NC1CC(O)C1(C)C.I. The fourth-order valence-electron chi connectivity index (χ4n) is 1.35. The molecular weight excluding hydrogens is 267 g/mol. The van der Waals surface area contributed by atoms with Crippen molar-refractivity contribution in [1.82, 2.24) is 0 Å². The van der Waals surface area contributed by atoms with Gasteiger partial charge in [0.15, 0.2) is 0 Å². The summed E-state index contributed by atoms with van der Waals surface area (Å²) in [4.78, 5) is 4.22. The fourth-order valence-corrected chi connectivity index (χ4v) is 1.35. The number of nitrogens with zero attached hydrogens (tertiary/aromatic N) is 1. The van der Waals surface area contributed by atoms with Crippen molar-refractivity contribution in [2.45, 2.75) is 39.3 Å². The molecule has 0 spiro atoms. The van der Waals surface area contributed by atoms with E-state index in [0.717, 1.165) is 6.42 Å². The van der Waals surface area contributed by atoms with Crippen LogP contribution < -0.4 is 5.73 Å². The van der Waals surface area contributed by atoms with Crippen molar-refractivity contribution in [3.05, 3.63) is 0 Å². The summed E-state index contributed by atoms with van der Waals surface area (Å²) in [5.74, 6) is 0.606. The Labute approximate surface area is 90.5 Å². The molecule has 0 aromatic heterocycles. The molecule has 2 unspecified atom stereocenters. The predicted molar refractivity (Wildman–Crippen MR) is 60.9 cm³/mol. The molecule has 0 amide bonds. The van der Waals surface area contributed by atoms with Gasteiger partial charge in [-0.05, 0) is 13.3 Å². The fraction of sp³-hybridized carbons (Fsp3) is 0.875. The monoisotopic (exact) mass is 284 g/mol. The van der Waals surface area contributed by atoms with Crippen LogP contribution in [0.3, 0.4) is 0 Å². The van der Waals surface area contributed by atoms with Crippen LogP contribution in [0.4, 0.5) is 0 Å². The average molecular weight is 284 g/mol. The Morgan fingerprint density at radius 2 is 2.08 bits per heavy atom.